The summed E-state index contributed by atoms with van der Waals surface area (Å²) in [6.07, 6.45) is 0. The van der Waals surface area contributed by atoms with Crippen molar-refractivity contribution in [2.24, 2.45) is 5.92 Å². The Morgan fingerprint density at radius 3 is 2.93 bits per heavy atom. The summed E-state index contributed by atoms with van der Waals surface area (Å²) in [6, 6.07) is 0. The minimum atomic E-state index is -1.39. The minimum absolute atomic E-state index is 0.188. The second kappa shape index (κ2) is 5.14. The molecule has 5 nitrogen and oxygen atoms in total. The third-order valence-corrected chi connectivity index (χ3v) is 2.11. The average Bonchev–Trinajstić information content (AvgIpc) is 2.45. The fourth-order valence-corrected chi connectivity index (χ4v) is 1.40. The molecule has 1 unspecified atom stereocenters. The van der Waals surface area contributed by atoms with E-state index >= 15 is 0 Å². The Kier molecular flexibility index (Phi) is 4.11. The summed E-state index contributed by atoms with van der Waals surface area (Å²) >= 11 is 0. The van der Waals surface area contributed by atoms with E-state index in [1.54, 1.807) is 11.9 Å². The van der Waals surface area contributed by atoms with Gasteiger partial charge in [0.25, 0.3) is 0 Å². The van der Waals surface area contributed by atoms with Crippen molar-refractivity contribution in [3.8, 4) is 0 Å². The van der Waals surface area contributed by atoms with Gasteiger partial charge in [-0.3, -0.25) is 14.5 Å². The molecule has 1 aliphatic heterocycles. The van der Waals surface area contributed by atoms with E-state index < -0.39 is 19.0 Å². The normalized spacial score (nSPS) is 22.3. The first-order chi connectivity index (χ1) is 7.04. The molecule has 1 aliphatic rings. The Hall–Kier alpha value is -1.07. The second-order valence-corrected chi connectivity index (χ2v) is 3.43. The summed E-state index contributed by atoms with van der Waals surface area (Å²) in [5.74, 6) is 0.485. The summed E-state index contributed by atoms with van der Waals surface area (Å²) in [7, 11) is 5.35. The first-order valence-corrected chi connectivity index (χ1v) is 4.53. The maximum atomic E-state index is 11.4. The molecule has 0 bridgehead atoms. The van der Waals surface area contributed by atoms with Crippen molar-refractivity contribution in [2.75, 3.05) is 20.1 Å². The lowest BCUT2D eigenvalue weighted by molar-refractivity contribution is -0.142. The Bertz CT molecular complexity index is 294. The van der Waals surface area contributed by atoms with Crippen molar-refractivity contribution in [3.63, 3.8) is 0 Å². The van der Waals surface area contributed by atoms with Gasteiger partial charge in [0.05, 0.1) is 6.54 Å². The number of carbonyl (C=O) groups is 2. The van der Waals surface area contributed by atoms with Gasteiger partial charge in [0.2, 0.25) is 0 Å². The molecule has 1 heterocycles. The monoisotopic (exact) mass is 207 g/mol. The molecule has 15 heavy (non-hydrogen) atoms. The van der Waals surface area contributed by atoms with Gasteiger partial charge in [-0.2, -0.15) is 0 Å². The number of likely N-dealkylation sites (tertiary alicyclic amines) is 1. The molecule has 1 rings (SSSR count). The summed E-state index contributed by atoms with van der Waals surface area (Å²) < 4.78 is 4.60. The lowest BCUT2D eigenvalue weighted by Gasteiger charge is -2.09. The third-order valence-electron chi connectivity index (χ3n) is 2.11. The van der Waals surface area contributed by atoms with Crippen LogP contribution in [0.3, 0.4) is 0 Å². The van der Waals surface area contributed by atoms with Gasteiger partial charge in [-0.1, -0.05) is 5.98 Å². The highest BCUT2D eigenvalue weighted by Gasteiger charge is 2.36. The molecule has 0 aromatic heterocycles. The fraction of sp³-hybridized carbons (Fsp3) is 0.500. The molecule has 1 saturated heterocycles. The molecule has 78 valence electrons. The summed E-state index contributed by atoms with van der Waals surface area (Å²) in [6.45, 7) is 0.569. The van der Waals surface area contributed by atoms with Crippen LogP contribution in [0, 0.1) is 5.92 Å². The number of rotatable bonds is 3. The molecule has 0 saturated carbocycles. The Balaban J connectivity index is 2.50. The van der Waals surface area contributed by atoms with E-state index in [9.17, 15) is 9.59 Å². The zero-order valence-corrected chi connectivity index (χ0v) is 8.42. The number of Topliss-reactive ketones (excluding diaryl/α,β-unsaturated/α-hetero) is 1. The third kappa shape index (κ3) is 3.21. The summed E-state index contributed by atoms with van der Waals surface area (Å²) in [5, 5.41) is 9.10. The van der Waals surface area contributed by atoms with Crippen molar-refractivity contribution >= 4 is 26.7 Å². The van der Waals surface area contributed by atoms with E-state index in [4.69, 9.17) is 12.9 Å². The smallest absolute Gasteiger partial charge is 0.506 e. The largest absolute Gasteiger partial charge is 0.553 e. The Morgan fingerprint density at radius 1 is 1.80 bits per heavy atom. The molecular weight excluding hydrogens is 196 g/mol. The molecule has 1 atom stereocenters. The van der Waals surface area contributed by atoms with E-state index in [1.165, 1.54) is 0 Å². The molecule has 1 fully saturated rings. The Labute approximate surface area is 89.6 Å². The summed E-state index contributed by atoms with van der Waals surface area (Å²) in [4.78, 5) is 24.4. The number of ketones is 1. The first-order valence-electron chi connectivity index (χ1n) is 4.53. The van der Waals surface area contributed by atoms with Crippen LogP contribution in [-0.4, -0.2) is 56.8 Å². The molecule has 0 aliphatic carbocycles. The quantitative estimate of drug-likeness (QED) is 0.444. The van der Waals surface area contributed by atoms with E-state index in [0.29, 0.717) is 6.54 Å². The zero-order chi connectivity index (χ0) is 11.4. The van der Waals surface area contributed by atoms with Gasteiger partial charge in [-0.25, -0.2) is 0 Å². The first kappa shape index (κ1) is 12.0. The standard InChI is InChI=1S/C8H11B2NO4/c1-11-4-6(7(12)5-11)8(13)15-10(14)3-2-9/h2-3,6,14H,4-5H2,1H3/b3-2+. The van der Waals surface area contributed by atoms with Crippen molar-refractivity contribution in [2.45, 2.75) is 0 Å². The summed E-state index contributed by atoms with van der Waals surface area (Å²) in [5.41, 5.74) is 0. The van der Waals surface area contributed by atoms with Crippen LogP contribution in [0.2, 0.25) is 0 Å². The van der Waals surface area contributed by atoms with Crippen LogP contribution < -0.4 is 0 Å². The maximum absolute atomic E-state index is 11.4. The van der Waals surface area contributed by atoms with Crippen LogP contribution in [0.25, 0.3) is 0 Å². The van der Waals surface area contributed by atoms with Crippen LogP contribution in [-0.2, 0) is 14.2 Å². The van der Waals surface area contributed by atoms with Gasteiger partial charge in [0, 0.05) is 6.54 Å². The van der Waals surface area contributed by atoms with Crippen molar-refractivity contribution in [1.82, 2.24) is 4.90 Å². The molecule has 7 heteroatoms. The second-order valence-electron chi connectivity index (χ2n) is 3.43. The van der Waals surface area contributed by atoms with Gasteiger partial charge in [-0.15, -0.1) is 5.98 Å². The minimum Gasteiger partial charge on any atom is -0.506 e. The lowest BCUT2D eigenvalue weighted by Crippen LogP contribution is -2.30. The fourth-order valence-electron chi connectivity index (χ4n) is 1.40. The molecule has 1 N–H and O–H groups in total. The van der Waals surface area contributed by atoms with E-state index in [0.717, 1.165) is 12.0 Å². The van der Waals surface area contributed by atoms with Crippen LogP contribution in [0.15, 0.2) is 12.0 Å². The highest BCUT2D eigenvalue weighted by molar-refractivity contribution is 6.52. The molecule has 0 aromatic carbocycles. The SMILES string of the molecule is [B]/C=C/B(O)OC(=O)C1CN(C)CC1=O. The molecule has 0 aromatic rings. The number of nitrogens with zero attached hydrogens (tertiary/aromatic N) is 1. The van der Waals surface area contributed by atoms with Gasteiger partial charge in [-0.05, 0) is 7.05 Å². The Morgan fingerprint density at radius 2 is 2.47 bits per heavy atom. The van der Waals surface area contributed by atoms with E-state index in [2.05, 4.69) is 4.65 Å². The predicted molar refractivity (Wildman–Crippen MR) is 55.0 cm³/mol. The molecular formula is C8H11B2NO4. The molecule has 2 radical (unpaired) electrons. The highest BCUT2D eigenvalue weighted by atomic mass is 16.6. The van der Waals surface area contributed by atoms with Crippen molar-refractivity contribution in [3.05, 3.63) is 12.0 Å². The van der Waals surface area contributed by atoms with Crippen molar-refractivity contribution < 1.29 is 19.3 Å². The molecule has 0 amide bonds. The van der Waals surface area contributed by atoms with Gasteiger partial charge < -0.3 is 9.68 Å². The van der Waals surface area contributed by atoms with E-state index in [1.807, 2.05) is 0 Å². The van der Waals surface area contributed by atoms with Crippen LogP contribution >= 0.6 is 0 Å². The van der Waals surface area contributed by atoms with Gasteiger partial charge in [0.1, 0.15) is 13.8 Å². The predicted octanol–water partition coefficient (Wildman–Crippen LogP) is -1.64. The average molecular weight is 207 g/mol. The van der Waals surface area contributed by atoms with Crippen molar-refractivity contribution in [1.29, 1.82) is 0 Å². The van der Waals surface area contributed by atoms with Gasteiger partial charge in [0.15, 0.2) is 5.78 Å². The van der Waals surface area contributed by atoms with Gasteiger partial charge >= 0.3 is 13.1 Å². The number of carbonyl (C=O) groups excluding carboxylic acids is 2. The highest BCUT2D eigenvalue weighted by Crippen LogP contribution is 2.12. The van der Waals surface area contributed by atoms with Crippen LogP contribution in [0.5, 0.6) is 0 Å². The number of hydrogen-bond donors (Lipinski definition) is 1. The van der Waals surface area contributed by atoms with E-state index in [-0.39, 0.29) is 12.3 Å². The zero-order valence-electron chi connectivity index (χ0n) is 8.42. The lowest BCUT2D eigenvalue weighted by atomic mass is 9.87. The number of likely N-dealkylation sites (N-methyl/N-ethyl adjacent to an activating group) is 1. The van der Waals surface area contributed by atoms with Crippen LogP contribution in [0.1, 0.15) is 0 Å². The number of hydrogen-bond acceptors (Lipinski definition) is 5. The maximum Gasteiger partial charge on any atom is 0.553 e. The topological polar surface area (TPSA) is 66.8 Å². The van der Waals surface area contributed by atoms with Crippen LogP contribution in [0.4, 0.5) is 0 Å². The molecule has 0 spiro atoms.